The van der Waals surface area contributed by atoms with Crippen molar-refractivity contribution in [3.8, 4) is 0 Å². The Morgan fingerprint density at radius 2 is 2.33 bits per heavy atom. The van der Waals surface area contributed by atoms with Crippen LogP contribution in [0.1, 0.15) is 43.5 Å². The molecule has 0 bridgehead atoms. The molecule has 0 radical (unpaired) electrons. The largest absolute Gasteiger partial charge is 0.339 e. The maximum Gasteiger partial charge on any atom is 0.234 e. The van der Waals surface area contributed by atoms with E-state index in [-0.39, 0.29) is 11.5 Å². The van der Waals surface area contributed by atoms with Crippen molar-refractivity contribution in [3.63, 3.8) is 0 Å². The van der Waals surface area contributed by atoms with Crippen LogP contribution in [-0.2, 0) is 11.2 Å². The molecule has 1 aromatic carbocycles. The van der Waals surface area contributed by atoms with Crippen LogP contribution in [0.3, 0.4) is 0 Å². The van der Waals surface area contributed by atoms with Crippen molar-refractivity contribution in [2.45, 2.75) is 55.2 Å². The van der Waals surface area contributed by atoms with Gasteiger partial charge in [-0.1, -0.05) is 29.3 Å². The quantitative estimate of drug-likeness (QED) is 0.877. The molecule has 2 atom stereocenters. The van der Waals surface area contributed by atoms with Gasteiger partial charge in [-0.3, -0.25) is 0 Å². The lowest BCUT2D eigenvalue weighted by atomic mass is 9.85. The van der Waals surface area contributed by atoms with Crippen molar-refractivity contribution in [2.75, 3.05) is 0 Å². The van der Waals surface area contributed by atoms with E-state index in [0.29, 0.717) is 5.89 Å². The summed E-state index contributed by atoms with van der Waals surface area (Å²) in [6, 6.07) is 8.55. The molecule has 1 aliphatic carbocycles. The Morgan fingerprint density at radius 3 is 3.05 bits per heavy atom. The fraction of sp³-hybridized carbons (Fsp3) is 0.500. The molecule has 112 valence electrons. The Morgan fingerprint density at radius 1 is 1.48 bits per heavy atom. The Labute approximate surface area is 129 Å². The zero-order valence-electron chi connectivity index (χ0n) is 12.5. The Bertz CT molecular complexity index is 627. The maximum atomic E-state index is 6.20. The molecule has 1 aromatic heterocycles. The van der Waals surface area contributed by atoms with E-state index in [9.17, 15) is 0 Å². The molecule has 0 amide bonds. The smallest absolute Gasteiger partial charge is 0.234 e. The normalized spacial score (nSPS) is 25.4. The van der Waals surface area contributed by atoms with Crippen LogP contribution in [0.2, 0.25) is 0 Å². The molecule has 0 spiro atoms. The van der Waals surface area contributed by atoms with Crippen molar-refractivity contribution < 1.29 is 4.52 Å². The van der Waals surface area contributed by atoms with Gasteiger partial charge in [-0.25, -0.2) is 0 Å². The summed E-state index contributed by atoms with van der Waals surface area (Å²) in [5, 5.41) is 4.12. The van der Waals surface area contributed by atoms with Gasteiger partial charge >= 0.3 is 0 Å². The van der Waals surface area contributed by atoms with Crippen LogP contribution < -0.4 is 5.73 Å². The van der Waals surface area contributed by atoms with Crippen LogP contribution in [0.25, 0.3) is 0 Å². The molecule has 5 heteroatoms. The second-order valence-corrected chi connectivity index (χ2v) is 7.09. The number of rotatable bonds is 4. The summed E-state index contributed by atoms with van der Waals surface area (Å²) in [6.45, 7) is 4.23. The zero-order valence-corrected chi connectivity index (χ0v) is 13.3. The molecule has 0 saturated heterocycles. The first-order valence-corrected chi connectivity index (χ1v) is 8.34. The van der Waals surface area contributed by atoms with E-state index in [1.165, 1.54) is 10.5 Å². The summed E-state index contributed by atoms with van der Waals surface area (Å²) in [5.74, 6) is 2.17. The van der Waals surface area contributed by atoms with E-state index in [4.69, 9.17) is 10.3 Å². The summed E-state index contributed by atoms with van der Waals surface area (Å²) in [4.78, 5) is 5.80. The monoisotopic (exact) mass is 303 g/mol. The fourth-order valence-corrected chi connectivity index (χ4v) is 3.71. The first kappa shape index (κ1) is 14.6. The molecule has 2 N–H and O–H groups in total. The molecule has 21 heavy (non-hydrogen) atoms. The molecule has 1 heterocycles. The molecule has 2 unspecified atom stereocenters. The van der Waals surface area contributed by atoms with E-state index in [0.717, 1.165) is 30.8 Å². The third kappa shape index (κ3) is 2.99. The number of nitrogens with two attached hydrogens (primary N) is 1. The highest BCUT2D eigenvalue weighted by molar-refractivity contribution is 7.98. The van der Waals surface area contributed by atoms with Gasteiger partial charge in [0.25, 0.3) is 0 Å². The van der Waals surface area contributed by atoms with Gasteiger partial charge in [-0.05, 0) is 38.8 Å². The van der Waals surface area contributed by atoms with Gasteiger partial charge in [0.1, 0.15) is 0 Å². The summed E-state index contributed by atoms with van der Waals surface area (Å²) in [5.41, 5.74) is 7.31. The summed E-state index contributed by atoms with van der Waals surface area (Å²) in [6.07, 6.45) is 3.19. The van der Waals surface area contributed by atoms with E-state index < -0.39 is 0 Å². The third-order valence-electron chi connectivity index (χ3n) is 4.34. The topological polar surface area (TPSA) is 64.9 Å². The summed E-state index contributed by atoms with van der Waals surface area (Å²) < 4.78 is 5.48. The molecule has 2 aromatic rings. The SMILES string of the molecule is Cc1cccc(SCc2noc(C3(C)CCCC3N)n2)c1. The van der Waals surface area contributed by atoms with Crippen LogP contribution in [0.5, 0.6) is 0 Å². The molecule has 1 fully saturated rings. The van der Waals surface area contributed by atoms with Gasteiger partial charge in [0, 0.05) is 10.9 Å². The first-order valence-electron chi connectivity index (χ1n) is 7.36. The summed E-state index contributed by atoms with van der Waals surface area (Å²) in [7, 11) is 0. The Hall–Kier alpha value is -1.33. The Balaban J connectivity index is 1.68. The lowest BCUT2D eigenvalue weighted by molar-refractivity contribution is 0.277. The van der Waals surface area contributed by atoms with Gasteiger partial charge in [0.15, 0.2) is 5.82 Å². The van der Waals surface area contributed by atoms with E-state index in [2.05, 4.69) is 48.3 Å². The zero-order chi connectivity index (χ0) is 14.9. The van der Waals surface area contributed by atoms with Gasteiger partial charge < -0.3 is 10.3 Å². The lowest BCUT2D eigenvalue weighted by Crippen LogP contribution is -2.38. The first-order chi connectivity index (χ1) is 10.1. The van der Waals surface area contributed by atoms with E-state index in [1.807, 2.05) is 0 Å². The summed E-state index contributed by atoms with van der Waals surface area (Å²) >= 11 is 1.73. The maximum absolute atomic E-state index is 6.20. The van der Waals surface area contributed by atoms with Crippen LogP contribution in [0, 0.1) is 6.92 Å². The second kappa shape index (κ2) is 5.81. The number of nitrogens with zero attached hydrogens (tertiary/aromatic N) is 2. The van der Waals surface area contributed by atoms with Crippen LogP contribution in [0.15, 0.2) is 33.7 Å². The highest BCUT2D eigenvalue weighted by Crippen LogP contribution is 2.39. The van der Waals surface area contributed by atoms with Crippen LogP contribution in [-0.4, -0.2) is 16.2 Å². The highest BCUT2D eigenvalue weighted by Gasteiger charge is 2.42. The minimum Gasteiger partial charge on any atom is -0.339 e. The van der Waals surface area contributed by atoms with Crippen molar-refractivity contribution in [1.29, 1.82) is 0 Å². The number of aromatic nitrogens is 2. The predicted molar refractivity (Wildman–Crippen MR) is 84.2 cm³/mol. The standard InChI is InChI=1S/C16H21N3OS/c1-11-5-3-6-12(9-11)21-10-14-18-15(20-19-14)16(2)8-4-7-13(16)17/h3,5-6,9,13H,4,7-8,10,17H2,1-2H3. The number of aryl methyl sites for hydroxylation is 1. The third-order valence-corrected chi connectivity index (χ3v) is 5.33. The minimum absolute atomic E-state index is 0.121. The molecule has 4 nitrogen and oxygen atoms in total. The van der Waals surface area contributed by atoms with Crippen molar-refractivity contribution >= 4 is 11.8 Å². The van der Waals surface area contributed by atoms with Gasteiger partial charge in [-0.2, -0.15) is 4.98 Å². The highest BCUT2D eigenvalue weighted by atomic mass is 32.2. The molecule has 1 aliphatic rings. The van der Waals surface area contributed by atoms with Crippen molar-refractivity contribution in [3.05, 3.63) is 41.5 Å². The van der Waals surface area contributed by atoms with Crippen molar-refractivity contribution in [1.82, 2.24) is 10.1 Å². The van der Waals surface area contributed by atoms with Crippen LogP contribution >= 0.6 is 11.8 Å². The van der Waals surface area contributed by atoms with E-state index in [1.54, 1.807) is 11.8 Å². The number of benzene rings is 1. The van der Waals surface area contributed by atoms with Crippen molar-refractivity contribution in [2.24, 2.45) is 5.73 Å². The molecule has 1 saturated carbocycles. The number of hydrogen-bond donors (Lipinski definition) is 1. The van der Waals surface area contributed by atoms with Crippen LogP contribution in [0.4, 0.5) is 0 Å². The van der Waals surface area contributed by atoms with Gasteiger partial charge in [0.2, 0.25) is 5.89 Å². The molecule has 0 aliphatic heterocycles. The average Bonchev–Trinajstić information content (AvgIpc) is 3.06. The second-order valence-electron chi connectivity index (χ2n) is 6.04. The molecular formula is C16H21N3OS. The van der Waals surface area contributed by atoms with Gasteiger partial charge in [0.05, 0.1) is 11.2 Å². The average molecular weight is 303 g/mol. The number of hydrogen-bond acceptors (Lipinski definition) is 5. The minimum atomic E-state index is -0.154. The van der Waals surface area contributed by atoms with Gasteiger partial charge in [-0.15, -0.1) is 11.8 Å². The Kier molecular flexibility index (Phi) is 4.04. The fourth-order valence-electron chi connectivity index (χ4n) is 2.86. The predicted octanol–water partition coefficient (Wildman–Crippen LogP) is 3.44. The van der Waals surface area contributed by atoms with E-state index >= 15 is 0 Å². The molecule has 3 rings (SSSR count). The number of thioether (sulfide) groups is 1. The molecular weight excluding hydrogens is 282 g/mol. The lowest BCUT2D eigenvalue weighted by Gasteiger charge is -2.23.